The Kier molecular flexibility index (Phi) is 6.86. The highest BCUT2D eigenvalue weighted by Crippen LogP contribution is 2.32. The van der Waals surface area contributed by atoms with Crippen LogP contribution in [0, 0.1) is 0 Å². The maximum Gasteiger partial charge on any atom is 0.164 e. The van der Waals surface area contributed by atoms with Crippen molar-refractivity contribution in [2.24, 2.45) is 0 Å². The SMILES string of the molecule is Clc1cccc(-c2cccc(-c3cccc(-c4nc(-c5ccc6ccccc6c5)nc(-c5ccc6ccccc6c5)n4)c3)c2)c1. The van der Waals surface area contributed by atoms with E-state index in [4.69, 9.17) is 26.6 Å². The summed E-state index contributed by atoms with van der Waals surface area (Å²) in [6.07, 6.45) is 0. The summed E-state index contributed by atoms with van der Waals surface area (Å²) in [5, 5.41) is 5.37. The lowest BCUT2D eigenvalue weighted by atomic mass is 9.98. The average Bonchev–Trinajstić information content (AvgIpc) is 3.11. The summed E-state index contributed by atoms with van der Waals surface area (Å²) in [5.74, 6) is 1.91. The van der Waals surface area contributed by atoms with E-state index < -0.39 is 0 Å². The van der Waals surface area contributed by atoms with Gasteiger partial charge >= 0.3 is 0 Å². The van der Waals surface area contributed by atoms with Gasteiger partial charge in [0.1, 0.15) is 0 Å². The van der Waals surface area contributed by atoms with Crippen molar-refractivity contribution in [3.63, 3.8) is 0 Å². The Hall–Kier alpha value is -5.64. The molecule has 0 N–H and O–H groups in total. The molecule has 0 saturated heterocycles. The minimum Gasteiger partial charge on any atom is -0.208 e. The lowest BCUT2D eigenvalue weighted by Crippen LogP contribution is -2.00. The number of fused-ring (bicyclic) bond motifs is 2. The Morgan fingerprint density at radius 3 is 1.16 bits per heavy atom. The van der Waals surface area contributed by atoms with Gasteiger partial charge in [-0.2, -0.15) is 0 Å². The van der Waals surface area contributed by atoms with Crippen LogP contribution in [0.3, 0.4) is 0 Å². The molecular formula is C41H26ClN3. The lowest BCUT2D eigenvalue weighted by Gasteiger charge is -2.11. The third-order valence-electron chi connectivity index (χ3n) is 8.13. The number of hydrogen-bond acceptors (Lipinski definition) is 3. The van der Waals surface area contributed by atoms with E-state index in [9.17, 15) is 0 Å². The van der Waals surface area contributed by atoms with Crippen LogP contribution < -0.4 is 0 Å². The van der Waals surface area contributed by atoms with Crippen molar-refractivity contribution in [3.8, 4) is 56.4 Å². The van der Waals surface area contributed by atoms with Gasteiger partial charge in [0.15, 0.2) is 17.5 Å². The van der Waals surface area contributed by atoms with Crippen LogP contribution >= 0.6 is 11.6 Å². The highest BCUT2D eigenvalue weighted by atomic mass is 35.5. The molecule has 45 heavy (non-hydrogen) atoms. The van der Waals surface area contributed by atoms with Crippen LogP contribution in [0.2, 0.25) is 5.02 Å². The number of halogens is 1. The van der Waals surface area contributed by atoms with Crippen LogP contribution in [-0.4, -0.2) is 15.0 Å². The maximum absolute atomic E-state index is 6.29. The largest absolute Gasteiger partial charge is 0.208 e. The van der Waals surface area contributed by atoms with E-state index in [-0.39, 0.29) is 0 Å². The molecule has 8 aromatic rings. The van der Waals surface area contributed by atoms with Crippen LogP contribution in [-0.2, 0) is 0 Å². The van der Waals surface area contributed by atoms with E-state index in [1.165, 1.54) is 10.8 Å². The first-order valence-corrected chi connectivity index (χ1v) is 15.3. The zero-order chi connectivity index (χ0) is 30.2. The van der Waals surface area contributed by atoms with Crippen molar-refractivity contribution in [1.82, 2.24) is 15.0 Å². The quantitative estimate of drug-likeness (QED) is 0.199. The van der Waals surface area contributed by atoms with Crippen LogP contribution in [0.4, 0.5) is 0 Å². The summed E-state index contributed by atoms with van der Waals surface area (Å²) in [5.41, 5.74) is 7.20. The molecule has 0 aliphatic rings. The fraction of sp³-hybridized carbons (Fsp3) is 0. The van der Waals surface area contributed by atoms with Crippen LogP contribution in [0.15, 0.2) is 158 Å². The predicted octanol–water partition coefficient (Wildman–Crippen LogP) is 11.2. The van der Waals surface area contributed by atoms with Gasteiger partial charge in [0.2, 0.25) is 0 Å². The molecule has 8 rings (SSSR count). The normalized spacial score (nSPS) is 11.2. The first kappa shape index (κ1) is 26.9. The van der Waals surface area contributed by atoms with Crippen LogP contribution in [0.1, 0.15) is 0 Å². The standard InChI is InChI=1S/C41H26ClN3/c42-38-17-7-15-34(26-38)32-13-5-12-31(22-32)33-14-6-16-35(25-33)39-43-40(36-20-18-27-8-1-3-10-29(27)23-36)45-41(44-39)37-21-19-28-9-2-4-11-30(28)24-37/h1-26H. The van der Waals surface area contributed by atoms with Gasteiger partial charge in [-0.1, -0.05) is 133 Å². The Bertz CT molecular complexity index is 2260. The van der Waals surface area contributed by atoms with E-state index in [1.807, 2.05) is 18.2 Å². The minimum atomic E-state index is 0.629. The number of hydrogen-bond donors (Lipinski definition) is 0. The number of benzene rings is 7. The molecule has 1 heterocycles. The second-order valence-corrected chi connectivity index (χ2v) is 11.5. The zero-order valence-electron chi connectivity index (χ0n) is 24.2. The molecule has 0 unspecified atom stereocenters. The number of rotatable bonds is 5. The summed E-state index contributed by atoms with van der Waals surface area (Å²) >= 11 is 6.29. The zero-order valence-corrected chi connectivity index (χ0v) is 25.0. The summed E-state index contributed by atoms with van der Waals surface area (Å²) < 4.78 is 0. The van der Waals surface area contributed by atoms with E-state index in [0.717, 1.165) is 54.7 Å². The third-order valence-corrected chi connectivity index (χ3v) is 8.36. The first-order valence-electron chi connectivity index (χ1n) is 14.9. The van der Waals surface area contributed by atoms with Gasteiger partial charge in [0.25, 0.3) is 0 Å². The number of nitrogens with zero attached hydrogens (tertiary/aromatic N) is 3. The molecule has 0 aliphatic carbocycles. The maximum atomic E-state index is 6.29. The molecule has 0 fully saturated rings. The first-order chi connectivity index (χ1) is 22.2. The van der Waals surface area contributed by atoms with Crippen molar-refractivity contribution in [1.29, 1.82) is 0 Å². The monoisotopic (exact) mass is 595 g/mol. The van der Waals surface area contributed by atoms with Gasteiger partial charge in [-0.05, 0) is 80.2 Å². The summed E-state index contributed by atoms with van der Waals surface area (Å²) in [7, 11) is 0. The van der Waals surface area contributed by atoms with Crippen molar-refractivity contribution < 1.29 is 0 Å². The minimum absolute atomic E-state index is 0.629. The second kappa shape index (κ2) is 11.5. The third kappa shape index (κ3) is 5.46. The second-order valence-electron chi connectivity index (χ2n) is 11.1. The highest BCUT2D eigenvalue weighted by molar-refractivity contribution is 6.30. The van der Waals surface area contributed by atoms with Gasteiger partial charge in [-0.15, -0.1) is 0 Å². The molecule has 0 amide bonds. The molecule has 0 atom stereocenters. The van der Waals surface area contributed by atoms with E-state index in [1.54, 1.807) is 0 Å². The van der Waals surface area contributed by atoms with Crippen molar-refractivity contribution in [2.45, 2.75) is 0 Å². The van der Waals surface area contributed by atoms with Gasteiger partial charge in [-0.25, -0.2) is 15.0 Å². The Labute approximate surface area is 266 Å². The Morgan fingerprint density at radius 1 is 0.289 bits per heavy atom. The Balaban J connectivity index is 1.26. The van der Waals surface area contributed by atoms with Crippen molar-refractivity contribution >= 4 is 33.1 Å². The molecule has 1 aromatic heterocycles. The molecule has 0 aliphatic heterocycles. The van der Waals surface area contributed by atoms with E-state index >= 15 is 0 Å². The van der Waals surface area contributed by atoms with Gasteiger partial charge in [-0.3, -0.25) is 0 Å². The molecule has 0 saturated carbocycles. The average molecular weight is 596 g/mol. The fourth-order valence-electron chi connectivity index (χ4n) is 5.80. The molecule has 3 nitrogen and oxygen atoms in total. The van der Waals surface area contributed by atoms with Crippen molar-refractivity contribution in [2.75, 3.05) is 0 Å². The van der Waals surface area contributed by atoms with E-state index in [2.05, 4.69) is 140 Å². The van der Waals surface area contributed by atoms with E-state index in [0.29, 0.717) is 17.5 Å². The molecule has 0 radical (unpaired) electrons. The smallest absolute Gasteiger partial charge is 0.164 e. The Morgan fingerprint density at radius 2 is 0.667 bits per heavy atom. The van der Waals surface area contributed by atoms with Gasteiger partial charge in [0.05, 0.1) is 0 Å². The summed E-state index contributed by atoms with van der Waals surface area (Å²) in [6, 6.07) is 54.2. The lowest BCUT2D eigenvalue weighted by molar-refractivity contribution is 1.08. The fourth-order valence-corrected chi connectivity index (χ4v) is 5.99. The molecule has 0 bridgehead atoms. The molecular weight excluding hydrogens is 570 g/mol. The molecule has 7 aromatic carbocycles. The molecule has 212 valence electrons. The predicted molar refractivity (Wildman–Crippen MR) is 187 cm³/mol. The topological polar surface area (TPSA) is 38.7 Å². The summed E-state index contributed by atoms with van der Waals surface area (Å²) in [4.78, 5) is 15.1. The van der Waals surface area contributed by atoms with Crippen LogP contribution in [0.5, 0.6) is 0 Å². The molecule has 0 spiro atoms. The van der Waals surface area contributed by atoms with Crippen molar-refractivity contribution in [3.05, 3.63) is 163 Å². The number of aromatic nitrogens is 3. The highest BCUT2D eigenvalue weighted by Gasteiger charge is 2.14. The van der Waals surface area contributed by atoms with Crippen LogP contribution in [0.25, 0.3) is 78.0 Å². The van der Waals surface area contributed by atoms with Gasteiger partial charge < -0.3 is 0 Å². The summed E-state index contributed by atoms with van der Waals surface area (Å²) in [6.45, 7) is 0. The molecule has 4 heteroatoms. The van der Waals surface area contributed by atoms with Gasteiger partial charge in [0, 0.05) is 21.7 Å².